The summed E-state index contributed by atoms with van der Waals surface area (Å²) in [5.74, 6) is -1.73. The number of benzene rings is 2. The van der Waals surface area contributed by atoms with Crippen LogP contribution in [0.25, 0.3) is 0 Å². The number of fused-ring (bicyclic) bond motifs is 1. The number of para-hydroxylation sites is 1. The fraction of sp³-hybridized carbons (Fsp3) is 0.304. The van der Waals surface area contributed by atoms with Crippen molar-refractivity contribution in [1.82, 2.24) is 9.62 Å². The Bertz CT molecular complexity index is 1250. The smallest absolute Gasteiger partial charge is 0.331 e. The zero-order valence-corrected chi connectivity index (χ0v) is 20.1. The fourth-order valence-corrected chi connectivity index (χ4v) is 4.57. The number of nitrogens with zero attached hydrogens (tertiary/aromatic N) is 2. The van der Waals surface area contributed by atoms with E-state index >= 15 is 0 Å². The Morgan fingerprint density at radius 1 is 1.09 bits per heavy atom. The van der Waals surface area contributed by atoms with Gasteiger partial charge in [-0.2, -0.15) is 0 Å². The van der Waals surface area contributed by atoms with Crippen molar-refractivity contribution in [1.29, 1.82) is 0 Å². The van der Waals surface area contributed by atoms with Crippen molar-refractivity contribution >= 4 is 39.3 Å². The average molecular weight is 487 g/mol. The number of ether oxygens (including phenoxy) is 1. The molecule has 0 fully saturated rings. The summed E-state index contributed by atoms with van der Waals surface area (Å²) in [4.78, 5) is 42.3. The normalized spacial score (nSPS) is 15.7. The number of amides is 2. The molecule has 1 aliphatic heterocycles. The molecule has 0 saturated heterocycles. The summed E-state index contributed by atoms with van der Waals surface area (Å²) in [6.45, 7) is 4.37. The second kappa shape index (κ2) is 10.0. The van der Waals surface area contributed by atoms with Gasteiger partial charge in [0.2, 0.25) is 5.91 Å². The van der Waals surface area contributed by atoms with Crippen LogP contribution < -0.4 is 10.0 Å². The first kappa shape index (κ1) is 24.9. The highest BCUT2D eigenvalue weighted by Crippen LogP contribution is 2.22. The molecule has 1 heterocycles. The van der Waals surface area contributed by atoms with E-state index < -0.39 is 34.5 Å². The van der Waals surface area contributed by atoms with Crippen LogP contribution in [0.2, 0.25) is 0 Å². The minimum absolute atomic E-state index is 0.0339. The zero-order valence-electron chi connectivity index (χ0n) is 19.3. The van der Waals surface area contributed by atoms with Crippen LogP contribution in [0, 0.1) is 13.8 Å². The number of aryl methyl sites for hydroxylation is 2. The van der Waals surface area contributed by atoms with E-state index in [1.807, 2.05) is 32.0 Å². The molecule has 0 spiro atoms. The number of amidine groups is 1. The van der Waals surface area contributed by atoms with E-state index in [4.69, 9.17) is 4.74 Å². The third-order valence-corrected chi connectivity index (χ3v) is 6.61. The number of anilines is 1. The molecule has 2 aromatic carbocycles. The highest BCUT2D eigenvalue weighted by molar-refractivity contribution is 7.90. The van der Waals surface area contributed by atoms with Crippen molar-refractivity contribution in [2.45, 2.75) is 31.7 Å². The van der Waals surface area contributed by atoms with E-state index in [1.165, 1.54) is 20.0 Å². The number of nitrogens with one attached hydrogen (secondary N) is 2. The van der Waals surface area contributed by atoms with Crippen LogP contribution in [-0.4, -0.2) is 63.2 Å². The van der Waals surface area contributed by atoms with Gasteiger partial charge in [0.05, 0.1) is 11.4 Å². The lowest BCUT2D eigenvalue weighted by molar-refractivity contribution is -0.152. The molecular formula is C23H26N4O6S. The Kier molecular flexibility index (Phi) is 7.35. The number of esters is 1. The maximum absolute atomic E-state index is 12.3. The lowest BCUT2D eigenvalue weighted by Crippen LogP contribution is -2.38. The summed E-state index contributed by atoms with van der Waals surface area (Å²) >= 11 is 0. The van der Waals surface area contributed by atoms with Crippen molar-refractivity contribution in [2.75, 3.05) is 25.5 Å². The standard InChI is InChI=1S/C23H26N4O6S/c1-14-8-7-9-15(2)21(14)25-19(28)12-27(4)20(29)13-33-23(30)16(3)24-22-17-10-5-6-11-18(17)34(31,32)26-22/h5-11,16H,12-13H2,1-4H3,(H,24,26)(H,25,28)/t16-/m0/s1. The van der Waals surface area contributed by atoms with E-state index in [1.54, 1.807) is 18.2 Å². The first-order valence-electron chi connectivity index (χ1n) is 10.5. The topological polar surface area (TPSA) is 134 Å². The Balaban J connectivity index is 1.54. The van der Waals surface area contributed by atoms with E-state index in [0.717, 1.165) is 16.0 Å². The van der Waals surface area contributed by atoms with Crippen LogP contribution in [0.5, 0.6) is 0 Å². The molecule has 0 aliphatic carbocycles. The summed E-state index contributed by atoms with van der Waals surface area (Å²) < 4.78 is 31.6. The van der Waals surface area contributed by atoms with Gasteiger partial charge >= 0.3 is 5.97 Å². The molecule has 0 saturated carbocycles. The van der Waals surface area contributed by atoms with Gasteiger partial charge in [-0.05, 0) is 44.0 Å². The molecule has 2 amide bonds. The second-order valence-electron chi connectivity index (χ2n) is 7.93. The number of hydrogen-bond acceptors (Lipinski definition) is 7. The van der Waals surface area contributed by atoms with E-state index in [0.29, 0.717) is 11.3 Å². The van der Waals surface area contributed by atoms with E-state index in [9.17, 15) is 22.8 Å². The molecule has 10 nitrogen and oxygen atoms in total. The van der Waals surface area contributed by atoms with Crippen molar-refractivity contribution in [3.63, 3.8) is 0 Å². The summed E-state index contributed by atoms with van der Waals surface area (Å²) in [5, 5.41) is 2.79. The van der Waals surface area contributed by atoms with Gasteiger partial charge in [-0.15, -0.1) is 0 Å². The molecule has 3 rings (SSSR count). The maximum Gasteiger partial charge on any atom is 0.331 e. The van der Waals surface area contributed by atoms with E-state index in [-0.39, 0.29) is 23.2 Å². The van der Waals surface area contributed by atoms with Crippen LogP contribution in [0.15, 0.2) is 52.4 Å². The van der Waals surface area contributed by atoms with E-state index in [2.05, 4.69) is 15.0 Å². The van der Waals surface area contributed by atoms with Crippen LogP contribution in [0.4, 0.5) is 5.69 Å². The van der Waals surface area contributed by atoms with Gasteiger partial charge < -0.3 is 15.0 Å². The molecule has 1 atom stereocenters. The monoisotopic (exact) mass is 486 g/mol. The van der Waals surface area contributed by atoms with Crippen molar-refractivity contribution < 1.29 is 27.5 Å². The Morgan fingerprint density at radius 2 is 1.74 bits per heavy atom. The number of carbonyl (C=O) groups excluding carboxylic acids is 3. The Labute approximate surface area is 198 Å². The predicted molar refractivity (Wildman–Crippen MR) is 126 cm³/mol. The number of rotatable bonds is 7. The third kappa shape index (κ3) is 5.60. The maximum atomic E-state index is 12.3. The molecule has 0 unspecified atom stereocenters. The molecule has 0 bridgehead atoms. The molecule has 0 aromatic heterocycles. The van der Waals surface area contributed by atoms with Gasteiger partial charge in [-0.25, -0.2) is 13.2 Å². The molecule has 1 aliphatic rings. The van der Waals surface area contributed by atoms with Gasteiger partial charge in [0.25, 0.3) is 15.9 Å². The lowest BCUT2D eigenvalue weighted by Gasteiger charge is -2.18. The number of aliphatic imine (C=N–C) groups is 1. The molecule has 180 valence electrons. The highest BCUT2D eigenvalue weighted by Gasteiger charge is 2.31. The SMILES string of the molecule is Cc1cccc(C)c1NC(=O)CN(C)C(=O)COC(=O)[C@H](C)N=C1NS(=O)(=O)c2ccccc21. The molecule has 11 heteroatoms. The zero-order chi connectivity index (χ0) is 25.0. The van der Waals surface area contributed by atoms with Crippen LogP contribution >= 0.6 is 0 Å². The van der Waals surface area contributed by atoms with Gasteiger partial charge in [0.15, 0.2) is 6.61 Å². The number of likely N-dealkylation sites (N-methyl/N-ethyl adjacent to an activating group) is 1. The number of hydrogen-bond donors (Lipinski definition) is 2. The van der Waals surface area contributed by atoms with Crippen molar-refractivity contribution in [3.8, 4) is 0 Å². The Hall–Kier alpha value is -3.73. The van der Waals surface area contributed by atoms with Crippen molar-refractivity contribution in [3.05, 3.63) is 59.2 Å². The first-order chi connectivity index (χ1) is 16.0. The van der Waals surface area contributed by atoms with Crippen LogP contribution in [0.1, 0.15) is 23.6 Å². The second-order valence-corrected chi connectivity index (χ2v) is 9.58. The third-order valence-electron chi connectivity index (χ3n) is 5.22. The quantitative estimate of drug-likeness (QED) is 0.568. The van der Waals surface area contributed by atoms with Gasteiger partial charge in [-0.3, -0.25) is 19.3 Å². The van der Waals surface area contributed by atoms with Gasteiger partial charge in [-0.1, -0.05) is 30.3 Å². The Morgan fingerprint density at radius 3 is 2.41 bits per heavy atom. The number of sulfonamides is 1. The fourth-order valence-electron chi connectivity index (χ4n) is 3.33. The predicted octanol–water partition coefficient (Wildman–Crippen LogP) is 1.37. The summed E-state index contributed by atoms with van der Waals surface area (Å²) in [7, 11) is -2.31. The lowest BCUT2D eigenvalue weighted by atomic mass is 10.1. The minimum Gasteiger partial charge on any atom is -0.454 e. The highest BCUT2D eigenvalue weighted by atomic mass is 32.2. The van der Waals surface area contributed by atoms with Crippen LogP contribution in [-0.2, 0) is 29.1 Å². The van der Waals surface area contributed by atoms with Crippen LogP contribution in [0.3, 0.4) is 0 Å². The van der Waals surface area contributed by atoms with Crippen molar-refractivity contribution in [2.24, 2.45) is 4.99 Å². The summed E-state index contributed by atoms with van der Waals surface area (Å²) in [6.07, 6.45) is 0. The molecule has 34 heavy (non-hydrogen) atoms. The largest absolute Gasteiger partial charge is 0.454 e. The molecule has 0 radical (unpaired) electrons. The number of carbonyl (C=O) groups is 3. The molecule has 2 N–H and O–H groups in total. The summed E-state index contributed by atoms with van der Waals surface area (Å²) in [5.41, 5.74) is 2.85. The molecule has 2 aromatic rings. The van der Waals surface area contributed by atoms with Gasteiger partial charge in [0.1, 0.15) is 11.9 Å². The average Bonchev–Trinajstić information content (AvgIpc) is 3.04. The minimum atomic E-state index is -3.73. The van der Waals surface area contributed by atoms with Gasteiger partial charge in [0, 0.05) is 18.3 Å². The molecular weight excluding hydrogens is 460 g/mol. The summed E-state index contributed by atoms with van der Waals surface area (Å²) in [6, 6.07) is 10.8. The first-order valence-corrected chi connectivity index (χ1v) is 11.9.